The zero-order valence-corrected chi connectivity index (χ0v) is 13.5. The molecule has 2 aromatic rings. The van der Waals surface area contributed by atoms with E-state index in [-0.39, 0.29) is 11.7 Å². The van der Waals surface area contributed by atoms with E-state index in [1.807, 2.05) is 18.2 Å². The number of nitrogens with zero attached hydrogens (tertiary/aromatic N) is 2. The van der Waals surface area contributed by atoms with Gasteiger partial charge in [0.2, 0.25) is 0 Å². The molecule has 0 aromatic carbocycles. The molecule has 6 nitrogen and oxygen atoms in total. The van der Waals surface area contributed by atoms with Crippen LogP contribution in [0.2, 0.25) is 0 Å². The van der Waals surface area contributed by atoms with Crippen LogP contribution in [0.25, 0.3) is 11.5 Å². The van der Waals surface area contributed by atoms with Gasteiger partial charge >= 0.3 is 0 Å². The smallest absolute Gasteiger partial charge is 0.152 e. The Morgan fingerprint density at radius 1 is 1.41 bits per heavy atom. The third-order valence-corrected chi connectivity index (χ3v) is 5.03. The Balaban J connectivity index is 1.61. The molecule has 0 saturated carbocycles. The summed E-state index contributed by atoms with van der Waals surface area (Å²) in [6.07, 6.45) is 5.03. The second-order valence-corrected chi connectivity index (χ2v) is 8.26. The third kappa shape index (κ3) is 3.98. The minimum atomic E-state index is -2.91. The molecular formula is C15H21N3O3S. The van der Waals surface area contributed by atoms with Crippen LogP contribution in [-0.2, 0) is 16.4 Å². The topological polar surface area (TPSA) is 79.2 Å². The lowest BCUT2D eigenvalue weighted by Crippen LogP contribution is -2.37. The number of likely N-dealkylation sites (tertiary alicyclic amines) is 1. The van der Waals surface area contributed by atoms with Crippen LogP contribution >= 0.6 is 0 Å². The standard InChI is InChI=1S/C15H21N3O3S/c1-22(19,20)11-12-3-2-8-18(9-12)10-13-4-5-15(21-13)14-6-7-16-17-14/h4-7,12H,2-3,8-11H2,1H3,(H,16,17)/t12-/m0/s1. The van der Waals surface area contributed by atoms with E-state index in [9.17, 15) is 8.42 Å². The lowest BCUT2D eigenvalue weighted by molar-refractivity contribution is 0.167. The molecule has 1 saturated heterocycles. The molecule has 2 aromatic heterocycles. The summed E-state index contributed by atoms with van der Waals surface area (Å²) in [6.45, 7) is 2.52. The van der Waals surface area contributed by atoms with E-state index in [4.69, 9.17) is 4.42 Å². The minimum Gasteiger partial charge on any atom is -0.458 e. The first-order valence-corrected chi connectivity index (χ1v) is 9.54. The second-order valence-electron chi connectivity index (χ2n) is 6.07. The van der Waals surface area contributed by atoms with Crippen LogP contribution in [0.1, 0.15) is 18.6 Å². The van der Waals surface area contributed by atoms with Gasteiger partial charge in [0.05, 0.1) is 12.3 Å². The van der Waals surface area contributed by atoms with Crippen LogP contribution in [0.3, 0.4) is 0 Å². The minimum absolute atomic E-state index is 0.228. The van der Waals surface area contributed by atoms with Crippen molar-refractivity contribution in [3.8, 4) is 11.5 Å². The summed E-state index contributed by atoms with van der Waals surface area (Å²) < 4.78 is 28.7. The van der Waals surface area contributed by atoms with Crippen molar-refractivity contribution in [2.75, 3.05) is 25.1 Å². The number of H-pyrrole nitrogens is 1. The molecule has 1 atom stereocenters. The van der Waals surface area contributed by atoms with Crippen LogP contribution < -0.4 is 0 Å². The quantitative estimate of drug-likeness (QED) is 0.909. The van der Waals surface area contributed by atoms with Gasteiger partial charge < -0.3 is 4.42 Å². The fourth-order valence-corrected chi connectivity index (χ4v) is 4.21. The van der Waals surface area contributed by atoms with Gasteiger partial charge in [-0.2, -0.15) is 5.10 Å². The molecule has 0 radical (unpaired) electrons. The molecule has 0 spiro atoms. The number of aromatic nitrogens is 2. The van der Waals surface area contributed by atoms with Gasteiger partial charge in [-0.3, -0.25) is 10.00 Å². The number of hydrogen-bond donors (Lipinski definition) is 1. The maximum absolute atomic E-state index is 11.5. The molecule has 0 aliphatic carbocycles. The molecule has 1 N–H and O–H groups in total. The van der Waals surface area contributed by atoms with E-state index in [1.54, 1.807) is 6.20 Å². The van der Waals surface area contributed by atoms with Crippen molar-refractivity contribution >= 4 is 9.84 Å². The fraction of sp³-hybridized carbons (Fsp3) is 0.533. The van der Waals surface area contributed by atoms with Gasteiger partial charge in [0.1, 0.15) is 21.3 Å². The van der Waals surface area contributed by atoms with Crippen molar-refractivity contribution < 1.29 is 12.8 Å². The molecule has 7 heteroatoms. The average molecular weight is 323 g/mol. The Kier molecular flexibility index (Phi) is 4.35. The average Bonchev–Trinajstić information content (AvgIpc) is 3.07. The van der Waals surface area contributed by atoms with Crippen LogP contribution in [0.4, 0.5) is 0 Å². The molecule has 0 amide bonds. The van der Waals surface area contributed by atoms with E-state index >= 15 is 0 Å². The highest BCUT2D eigenvalue weighted by Gasteiger charge is 2.23. The maximum Gasteiger partial charge on any atom is 0.152 e. The number of sulfone groups is 1. The summed E-state index contributed by atoms with van der Waals surface area (Å²) in [6, 6.07) is 5.77. The first-order valence-electron chi connectivity index (χ1n) is 7.48. The van der Waals surface area contributed by atoms with E-state index in [2.05, 4.69) is 15.1 Å². The van der Waals surface area contributed by atoms with Crippen LogP contribution in [0, 0.1) is 5.92 Å². The zero-order chi connectivity index (χ0) is 15.6. The van der Waals surface area contributed by atoms with Gasteiger partial charge in [0, 0.05) is 19.0 Å². The van der Waals surface area contributed by atoms with Crippen molar-refractivity contribution in [1.82, 2.24) is 15.1 Å². The number of aromatic amines is 1. The van der Waals surface area contributed by atoms with Gasteiger partial charge in [-0.15, -0.1) is 0 Å². The summed E-state index contributed by atoms with van der Waals surface area (Å²) in [7, 11) is -2.91. The van der Waals surface area contributed by atoms with Crippen LogP contribution in [0.15, 0.2) is 28.8 Å². The molecule has 1 aliphatic rings. The Bertz CT molecular complexity index is 706. The van der Waals surface area contributed by atoms with Crippen molar-refractivity contribution in [2.24, 2.45) is 5.92 Å². The highest BCUT2D eigenvalue weighted by molar-refractivity contribution is 7.90. The van der Waals surface area contributed by atoms with Crippen LogP contribution in [0.5, 0.6) is 0 Å². The molecule has 1 fully saturated rings. The summed E-state index contributed by atoms with van der Waals surface area (Å²) in [4.78, 5) is 2.27. The maximum atomic E-state index is 11.5. The number of rotatable bonds is 5. The second kappa shape index (κ2) is 6.26. The monoisotopic (exact) mass is 323 g/mol. The Labute approximate surface area is 130 Å². The molecule has 120 valence electrons. The number of piperidine rings is 1. The summed E-state index contributed by atoms with van der Waals surface area (Å²) in [5, 5.41) is 6.79. The van der Waals surface area contributed by atoms with E-state index in [1.165, 1.54) is 6.26 Å². The zero-order valence-electron chi connectivity index (χ0n) is 12.7. The Morgan fingerprint density at radius 3 is 3.00 bits per heavy atom. The van der Waals surface area contributed by atoms with Gasteiger partial charge in [-0.05, 0) is 43.5 Å². The molecule has 3 heterocycles. The Hall–Kier alpha value is -1.60. The summed E-state index contributed by atoms with van der Waals surface area (Å²) in [5.74, 6) is 2.17. The Morgan fingerprint density at radius 2 is 2.27 bits per heavy atom. The van der Waals surface area contributed by atoms with Gasteiger partial charge in [0.15, 0.2) is 5.76 Å². The third-order valence-electron chi connectivity index (χ3n) is 3.95. The first-order chi connectivity index (χ1) is 10.5. The number of furan rings is 1. The first kappa shape index (κ1) is 15.3. The van der Waals surface area contributed by atoms with E-state index in [0.717, 1.165) is 43.1 Å². The predicted octanol–water partition coefficient (Wildman–Crippen LogP) is 1.93. The molecular weight excluding hydrogens is 302 g/mol. The van der Waals surface area contributed by atoms with Crippen molar-refractivity contribution in [2.45, 2.75) is 19.4 Å². The molecule has 0 unspecified atom stereocenters. The molecule has 22 heavy (non-hydrogen) atoms. The SMILES string of the molecule is CS(=O)(=O)C[C@H]1CCCN(Cc2ccc(-c3ccn[nH]3)o2)C1. The number of hydrogen-bond acceptors (Lipinski definition) is 5. The van der Waals surface area contributed by atoms with Crippen molar-refractivity contribution in [3.63, 3.8) is 0 Å². The number of nitrogens with one attached hydrogen (secondary N) is 1. The van der Waals surface area contributed by atoms with Crippen molar-refractivity contribution in [1.29, 1.82) is 0 Å². The highest BCUT2D eigenvalue weighted by atomic mass is 32.2. The van der Waals surface area contributed by atoms with Gasteiger partial charge in [-0.1, -0.05) is 0 Å². The molecule has 1 aliphatic heterocycles. The fourth-order valence-electron chi connectivity index (χ4n) is 3.08. The lowest BCUT2D eigenvalue weighted by Gasteiger charge is -2.31. The van der Waals surface area contributed by atoms with E-state index in [0.29, 0.717) is 6.54 Å². The van der Waals surface area contributed by atoms with Crippen LogP contribution in [-0.4, -0.2) is 48.6 Å². The normalized spacial score (nSPS) is 20.3. The summed E-state index contributed by atoms with van der Waals surface area (Å²) >= 11 is 0. The largest absolute Gasteiger partial charge is 0.458 e. The molecule has 3 rings (SSSR count). The van der Waals surface area contributed by atoms with Crippen molar-refractivity contribution in [3.05, 3.63) is 30.2 Å². The van der Waals surface area contributed by atoms with Gasteiger partial charge in [-0.25, -0.2) is 8.42 Å². The predicted molar refractivity (Wildman–Crippen MR) is 84.0 cm³/mol. The lowest BCUT2D eigenvalue weighted by atomic mass is 10.00. The highest BCUT2D eigenvalue weighted by Crippen LogP contribution is 2.23. The van der Waals surface area contributed by atoms with Gasteiger partial charge in [0.25, 0.3) is 0 Å². The van der Waals surface area contributed by atoms with E-state index < -0.39 is 9.84 Å². The summed E-state index contributed by atoms with van der Waals surface area (Å²) in [5.41, 5.74) is 0.861. The molecule has 0 bridgehead atoms.